The molecule has 33 heavy (non-hydrogen) atoms. The van der Waals surface area contributed by atoms with Gasteiger partial charge in [-0.15, -0.1) is 0 Å². The molecule has 1 amide bonds. The number of carbonyl (C=O) groups is 1. The normalized spacial score (nSPS) is 10.7. The van der Waals surface area contributed by atoms with Gasteiger partial charge < -0.3 is 14.5 Å². The Kier molecular flexibility index (Phi) is 7.19. The van der Waals surface area contributed by atoms with Crippen LogP contribution in [0.25, 0.3) is 17.4 Å². The van der Waals surface area contributed by atoms with E-state index in [2.05, 4.69) is 10.6 Å². The summed E-state index contributed by atoms with van der Waals surface area (Å²) < 4.78 is 11.5. The van der Waals surface area contributed by atoms with Crippen molar-refractivity contribution in [1.82, 2.24) is 5.32 Å². The number of furan rings is 1. The molecule has 7 heteroatoms. The van der Waals surface area contributed by atoms with Gasteiger partial charge in [-0.3, -0.25) is 10.1 Å². The minimum absolute atomic E-state index is 0.181. The van der Waals surface area contributed by atoms with E-state index < -0.39 is 0 Å². The first-order valence-corrected chi connectivity index (χ1v) is 10.8. The van der Waals surface area contributed by atoms with Crippen LogP contribution in [0.4, 0.5) is 5.69 Å². The van der Waals surface area contributed by atoms with E-state index in [0.717, 1.165) is 11.3 Å². The predicted octanol–water partition coefficient (Wildman–Crippen LogP) is 6.92. The largest absolute Gasteiger partial charge is 0.457 e. The Morgan fingerprint density at radius 2 is 1.55 bits per heavy atom. The van der Waals surface area contributed by atoms with E-state index in [0.29, 0.717) is 28.0 Å². The number of thiocarbonyl (C=S) groups is 1. The molecule has 164 valence electrons. The molecule has 0 saturated carbocycles. The van der Waals surface area contributed by atoms with Crippen LogP contribution in [-0.4, -0.2) is 11.0 Å². The summed E-state index contributed by atoms with van der Waals surface area (Å²) in [6.45, 7) is 0. The van der Waals surface area contributed by atoms with Gasteiger partial charge in [0.25, 0.3) is 0 Å². The summed E-state index contributed by atoms with van der Waals surface area (Å²) in [4.78, 5) is 12.2. The van der Waals surface area contributed by atoms with Gasteiger partial charge in [0.05, 0.1) is 0 Å². The molecule has 0 aliphatic heterocycles. The van der Waals surface area contributed by atoms with Gasteiger partial charge in [-0.2, -0.15) is 0 Å². The number of ether oxygens (including phenoxy) is 1. The summed E-state index contributed by atoms with van der Waals surface area (Å²) in [5.41, 5.74) is 1.68. The van der Waals surface area contributed by atoms with Crippen LogP contribution in [0.3, 0.4) is 0 Å². The first-order chi connectivity index (χ1) is 16.0. The molecule has 0 bridgehead atoms. The zero-order valence-corrected chi connectivity index (χ0v) is 18.9. The fourth-order valence-electron chi connectivity index (χ4n) is 2.92. The van der Waals surface area contributed by atoms with Crippen LogP contribution in [0.15, 0.2) is 101 Å². The first kappa shape index (κ1) is 22.3. The van der Waals surface area contributed by atoms with E-state index in [-0.39, 0.29) is 11.0 Å². The SMILES string of the molecule is O=C(/C=C/c1ccc(-c2ccccc2)o1)NC(=S)Nc1ccc(Oc2ccc(Cl)cc2)cc1. The van der Waals surface area contributed by atoms with Crippen molar-refractivity contribution in [3.05, 3.63) is 108 Å². The van der Waals surface area contributed by atoms with Crippen molar-refractivity contribution in [2.45, 2.75) is 0 Å². The summed E-state index contributed by atoms with van der Waals surface area (Å²) >= 11 is 11.1. The van der Waals surface area contributed by atoms with Crippen LogP contribution in [0.2, 0.25) is 5.02 Å². The molecule has 3 aromatic carbocycles. The van der Waals surface area contributed by atoms with Crippen molar-refractivity contribution < 1.29 is 13.9 Å². The van der Waals surface area contributed by atoms with Crippen molar-refractivity contribution in [3.63, 3.8) is 0 Å². The lowest BCUT2D eigenvalue weighted by Crippen LogP contribution is -2.32. The van der Waals surface area contributed by atoms with Crippen LogP contribution < -0.4 is 15.4 Å². The summed E-state index contributed by atoms with van der Waals surface area (Å²) in [5.74, 6) is 2.28. The minimum Gasteiger partial charge on any atom is -0.457 e. The fraction of sp³-hybridized carbons (Fsp3) is 0. The second-order valence-electron chi connectivity index (χ2n) is 6.93. The van der Waals surface area contributed by atoms with Crippen LogP contribution in [0.5, 0.6) is 11.5 Å². The van der Waals surface area contributed by atoms with Gasteiger partial charge in [0, 0.05) is 22.3 Å². The van der Waals surface area contributed by atoms with Gasteiger partial charge in [-0.05, 0) is 79.0 Å². The number of hydrogen-bond acceptors (Lipinski definition) is 4. The zero-order valence-electron chi connectivity index (χ0n) is 17.3. The second kappa shape index (κ2) is 10.6. The molecule has 4 aromatic rings. The van der Waals surface area contributed by atoms with E-state index in [1.54, 1.807) is 60.7 Å². The number of amides is 1. The van der Waals surface area contributed by atoms with Gasteiger partial charge in [-0.25, -0.2) is 0 Å². The highest BCUT2D eigenvalue weighted by Crippen LogP contribution is 2.24. The maximum Gasteiger partial charge on any atom is 0.250 e. The predicted molar refractivity (Wildman–Crippen MR) is 136 cm³/mol. The molecule has 0 atom stereocenters. The average molecular weight is 475 g/mol. The number of halogens is 1. The molecule has 2 N–H and O–H groups in total. The highest BCUT2D eigenvalue weighted by molar-refractivity contribution is 7.80. The summed E-state index contributed by atoms with van der Waals surface area (Å²) in [7, 11) is 0. The Morgan fingerprint density at radius 1 is 0.879 bits per heavy atom. The lowest BCUT2D eigenvalue weighted by Gasteiger charge is -2.10. The van der Waals surface area contributed by atoms with Crippen molar-refractivity contribution in [3.8, 4) is 22.8 Å². The molecule has 0 radical (unpaired) electrons. The Hall–Kier alpha value is -3.87. The Bertz CT molecular complexity index is 1270. The number of rotatable bonds is 6. The summed E-state index contributed by atoms with van der Waals surface area (Å²) in [6.07, 6.45) is 2.96. The molecule has 0 saturated heterocycles. The Balaban J connectivity index is 1.27. The Morgan fingerprint density at radius 3 is 2.24 bits per heavy atom. The van der Waals surface area contributed by atoms with Gasteiger partial charge >= 0.3 is 0 Å². The quantitative estimate of drug-likeness (QED) is 0.234. The van der Waals surface area contributed by atoms with Crippen LogP contribution in [0, 0.1) is 0 Å². The van der Waals surface area contributed by atoms with E-state index >= 15 is 0 Å². The lowest BCUT2D eigenvalue weighted by atomic mass is 10.2. The molecule has 0 aliphatic rings. The van der Waals surface area contributed by atoms with Crippen LogP contribution in [0.1, 0.15) is 5.76 Å². The van der Waals surface area contributed by atoms with Gasteiger partial charge in [0.1, 0.15) is 23.0 Å². The van der Waals surface area contributed by atoms with Crippen molar-refractivity contribution in [2.75, 3.05) is 5.32 Å². The van der Waals surface area contributed by atoms with Crippen molar-refractivity contribution >= 4 is 46.6 Å². The molecule has 0 spiro atoms. The second-order valence-corrected chi connectivity index (χ2v) is 7.77. The molecule has 1 heterocycles. The van der Waals surface area contributed by atoms with Gasteiger partial charge in [0.2, 0.25) is 5.91 Å². The van der Waals surface area contributed by atoms with Crippen LogP contribution >= 0.6 is 23.8 Å². The molecule has 0 unspecified atom stereocenters. The smallest absolute Gasteiger partial charge is 0.250 e. The zero-order chi connectivity index (χ0) is 23.0. The number of anilines is 1. The van der Waals surface area contributed by atoms with Crippen molar-refractivity contribution in [2.24, 2.45) is 0 Å². The maximum absolute atomic E-state index is 12.2. The maximum atomic E-state index is 12.2. The average Bonchev–Trinajstić information content (AvgIpc) is 3.30. The molecular formula is C26H19ClN2O3S. The van der Waals surface area contributed by atoms with E-state index in [4.69, 9.17) is 33.0 Å². The highest BCUT2D eigenvalue weighted by Gasteiger charge is 2.05. The van der Waals surface area contributed by atoms with E-state index in [1.807, 2.05) is 36.4 Å². The van der Waals surface area contributed by atoms with Gasteiger partial charge in [-0.1, -0.05) is 41.9 Å². The summed E-state index contributed by atoms with van der Waals surface area (Å²) in [5, 5.41) is 6.40. The number of nitrogens with one attached hydrogen (secondary N) is 2. The number of carbonyl (C=O) groups excluding carboxylic acids is 1. The molecule has 1 aromatic heterocycles. The minimum atomic E-state index is -0.368. The third-order valence-electron chi connectivity index (χ3n) is 4.48. The summed E-state index contributed by atoms with van der Waals surface area (Å²) in [6, 6.07) is 27.7. The third kappa shape index (κ3) is 6.55. The van der Waals surface area contributed by atoms with E-state index in [9.17, 15) is 4.79 Å². The monoisotopic (exact) mass is 474 g/mol. The van der Waals surface area contributed by atoms with Crippen molar-refractivity contribution in [1.29, 1.82) is 0 Å². The Labute approximate surface area is 201 Å². The standard InChI is InChI=1S/C26H19ClN2O3S/c27-19-6-10-21(11-7-19)31-22-12-8-20(9-13-22)28-26(33)29-25(30)17-15-23-14-16-24(32-23)18-4-2-1-3-5-18/h1-17H,(H2,28,29,30,33)/b17-15+. The number of benzene rings is 3. The van der Waals surface area contributed by atoms with Gasteiger partial charge in [0.15, 0.2) is 5.11 Å². The number of hydrogen-bond donors (Lipinski definition) is 2. The first-order valence-electron chi connectivity index (χ1n) is 10.0. The van der Waals surface area contributed by atoms with Crippen LogP contribution in [-0.2, 0) is 4.79 Å². The molecule has 4 rings (SSSR count). The lowest BCUT2D eigenvalue weighted by molar-refractivity contribution is -0.115. The third-order valence-corrected chi connectivity index (χ3v) is 4.94. The van der Waals surface area contributed by atoms with E-state index in [1.165, 1.54) is 6.08 Å². The fourth-order valence-corrected chi connectivity index (χ4v) is 3.26. The highest BCUT2D eigenvalue weighted by atomic mass is 35.5. The molecule has 0 aliphatic carbocycles. The topological polar surface area (TPSA) is 63.5 Å². The molecular weight excluding hydrogens is 456 g/mol. The molecule has 5 nitrogen and oxygen atoms in total. The molecule has 0 fully saturated rings.